The summed E-state index contributed by atoms with van der Waals surface area (Å²) in [4.78, 5) is 12.2. The maximum absolute atomic E-state index is 12.8. The van der Waals surface area contributed by atoms with Gasteiger partial charge in [0.05, 0.1) is 0 Å². The van der Waals surface area contributed by atoms with E-state index >= 15 is 0 Å². The second kappa shape index (κ2) is 6.88. The van der Waals surface area contributed by atoms with Gasteiger partial charge in [0.15, 0.2) is 0 Å². The Bertz CT molecular complexity index is 777. The number of carbonyl (C=O) groups excluding carboxylic acids is 1. The number of nitrogens with one attached hydrogen (secondary N) is 1. The van der Waals surface area contributed by atoms with Gasteiger partial charge in [-0.1, -0.05) is 25.2 Å². The van der Waals surface area contributed by atoms with E-state index in [1.165, 1.54) is 31.4 Å². The molecule has 0 spiro atoms. The molecule has 2 aromatic rings. The van der Waals surface area contributed by atoms with Crippen molar-refractivity contribution in [2.45, 2.75) is 26.2 Å². The fourth-order valence-corrected chi connectivity index (χ4v) is 2.74. The van der Waals surface area contributed by atoms with Gasteiger partial charge in [-0.3, -0.25) is 4.79 Å². The second-order valence-electron chi connectivity index (χ2n) is 6.68. The first-order valence-corrected chi connectivity index (χ1v) is 8.20. The van der Waals surface area contributed by atoms with Crippen molar-refractivity contribution in [3.05, 3.63) is 71.0 Å². The van der Waals surface area contributed by atoms with Crippen molar-refractivity contribution in [2.75, 3.05) is 6.54 Å². The summed E-state index contributed by atoms with van der Waals surface area (Å²) in [5.41, 5.74) is 2.50. The first-order valence-electron chi connectivity index (χ1n) is 8.20. The zero-order valence-corrected chi connectivity index (χ0v) is 13.7. The van der Waals surface area contributed by atoms with Crippen molar-refractivity contribution in [3.63, 3.8) is 0 Å². The zero-order chi connectivity index (χ0) is 17.0. The number of rotatable bonds is 3. The number of hydrogen-bond acceptors (Lipinski definition) is 1. The molecular weight excluding hydrogens is 301 g/mol. The Labute approximate surface area is 142 Å². The van der Waals surface area contributed by atoms with Crippen molar-refractivity contribution < 1.29 is 9.18 Å². The van der Waals surface area contributed by atoms with Crippen LogP contribution in [0, 0.1) is 23.1 Å². The molecule has 0 aromatic heterocycles. The van der Waals surface area contributed by atoms with Gasteiger partial charge in [0.25, 0.3) is 5.91 Å². The summed E-state index contributed by atoms with van der Waals surface area (Å²) in [7, 11) is 0. The van der Waals surface area contributed by atoms with E-state index in [1.807, 2.05) is 12.1 Å². The molecular formula is C21H20FNO. The molecule has 1 fully saturated rings. The first kappa shape index (κ1) is 16.3. The van der Waals surface area contributed by atoms with Crippen molar-refractivity contribution >= 4 is 5.91 Å². The van der Waals surface area contributed by atoms with Crippen LogP contribution in [0.15, 0.2) is 48.5 Å². The summed E-state index contributed by atoms with van der Waals surface area (Å²) < 4.78 is 12.8. The number of carbonyl (C=O) groups is 1. The molecule has 3 heteroatoms. The topological polar surface area (TPSA) is 29.1 Å². The highest BCUT2D eigenvalue weighted by Crippen LogP contribution is 2.39. The van der Waals surface area contributed by atoms with E-state index in [0.717, 1.165) is 17.7 Å². The van der Waals surface area contributed by atoms with Crippen LogP contribution in [-0.2, 0) is 0 Å². The molecule has 0 bridgehead atoms. The lowest BCUT2D eigenvalue weighted by Gasteiger charge is -2.38. The van der Waals surface area contributed by atoms with Gasteiger partial charge < -0.3 is 5.32 Å². The van der Waals surface area contributed by atoms with Crippen LogP contribution in [-0.4, -0.2) is 12.5 Å². The highest BCUT2D eigenvalue weighted by Gasteiger charge is 2.31. The molecule has 0 unspecified atom stereocenters. The lowest BCUT2D eigenvalue weighted by molar-refractivity contribution is 0.0891. The standard InChI is InChI=1S/C21H20FNO/c1-21(13-2-14-21)15-23-20(24)18-9-5-16(6-10-18)3-4-17-7-11-19(22)12-8-17/h5-12H,2,13-15H2,1H3,(H,23,24). The van der Waals surface area contributed by atoms with E-state index in [4.69, 9.17) is 0 Å². The van der Waals surface area contributed by atoms with Gasteiger partial charge in [-0.2, -0.15) is 0 Å². The molecule has 1 N–H and O–H groups in total. The molecule has 1 aliphatic carbocycles. The van der Waals surface area contributed by atoms with E-state index in [2.05, 4.69) is 24.1 Å². The van der Waals surface area contributed by atoms with Crippen LogP contribution in [0.3, 0.4) is 0 Å². The van der Waals surface area contributed by atoms with E-state index in [0.29, 0.717) is 5.56 Å². The van der Waals surface area contributed by atoms with Crippen LogP contribution >= 0.6 is 0 Å². The Hall–Kier alpha value is -2.60. The fraction of sp³-hybridized carbons (Fsp3) is 0.286. The molecule has 1 aliphatic rings. The van der Waals surface area contributed by atoms with Gasteiger partial charge in [0.2, 0.25) is 0 Å². The average molecular weight is 321 g/mol. The molecule has 24 heavy (non-hydrogen) atoms. The minimum absolute atomic E-state index is 0.0406. The van der Waals surface area contributed by atoms with Gasteiger partial charge in [0.1, 0.15) is 5.82 Å². The van der Waals surface area contributed by atoms with Crippen LogP contribution in [0.5, 0.6) is 0 Å². The minimum Gasteiger partial charge on any atom is -0.351 e. The monoisotopic (exact) mass is 321 g/mol. The molecule has 3 rings (SSSR count). The molecule has 0 atom stereocenters. The van der Waals surface area contributed by atoms with Crippen LogP contribution in [0.2, 0.25) is 0 Å². The normalized spacial score (nSPS) is 14.9. The van der Waals surface area contributed by atoms with Crippen molar-refractivity contribution in [2.24, 2.45) is 5.41 Å². The smallest absolute Gasteiger partial charge is 0.251 e. The van der Waals surface area contributed by atoms with Crippen LogP contribution < -0.4 is 5.32 Å². The summed E-state index contributed by atoms with van der Waals surface area (Å²) in [5.74, 6) is 5.68. The third-order valence-corrected chi connectivity index (χ3v) is 4.58. The molecule has 0 radical (unpaired) electrons. The molecule has 0 saturated heterocycles. The lowest BCUT2D eigenvalue weighted by Crippen LogP contribution is -2.39. The lowest BCUT2D eigenvalue weighted by atomic mass is 9.70. The number of amides is 1. The predicted octanol–water partition coefficient (Wildman–Crippen LogP) is 4.15. The third-order valence-electron chi connectivity index (χ3n) is 4.58. The SMILES string of the molecule is CC1(CNC(=O)c2ccc(C#Cc3ccc(F)cc3)cc2)CCC1. The highest BCUT2D eigenvalue weighted by molar-refractivity contribution is 5.94. The Morgan fingerprint density at radius 2 is 1.58 bits per heavy atom. The Balaban J connectivity index is 1.60. The van der Waals surface area contributed by atoms with Gasteiger partial charge in [-0.05, 0) is 66.8 Å². The van der Waals surface area contributed by atoms with E-state index < -0.39 is 0 Å². The Kier molecular flexibility index (Phi) is 4.66. The fourth-order valence-electron chi connectivity index (χ4n) is 2.74. The molecule has 122 valence electrons. The van der Waals surface area contributed by atoms with Crippen molar-refractivity contribution in [1.29, 1.82) is 0 Å². The average Bonchev–Trinajstić information content (AvgIpc) is 2.58. The van der Waals surface area contributed by atoms with Crippen molar-refractivity contribution in [3.8, 4) is 11.8 Å². The maximum Gasteiger partial charge on any atom is 0.251 e. The summed E-state index contributed by atoms with van der Waals surface area (Å²) in [6.07, 6.45) is 3.63. The van der Waals surface area contributed by atoms with Crippen LogP contribution in [0.1, 0.15) is 47.7 Å². The Morgan fingerprint density at radius 3 is 2.08 bits per heavy atom. The van der Waals surface area contributed by atoms with Crippen LogP contribution in [0.4, 0.5) is 4.39 Å². The first-order chi connectivity index (χ1) is 11.5. The largest absolute Gasteiger partial charge is 0.351 e. The molecule has 2 aromatic carbocycles. The van der Waals surface area contributed by atoms with Gasteiger partial charge in [-0.15, -0.1) is 0 Å². The number of halogens is 1. The Morgan fingerprint density at radius 1 is 1.04 bits per heavy atom. The van der Waals surface area contributed by atoms with Gasteiger partial charge in [0, 0.05) is 23.2 Å². The second-order valence-corrected chi connectivity index (χ2v) is 6.68. The van der Waals surface area contributed by atoms with Gasteiger partial charge >= 0.3 is 0 Å². The highest BCUT2D eigenvalue weighted by atomic mass is 19.1. The summed E-state index contributed by atoms with van der Waals surface area (Å²) in [5, 5.41) is 3.01. The maximum atomic E-state index is 12.8. The summed E-state index contributed by atoms with van der Waals surface area (Å²) >= 11 is 0. The van der Waals surface area contributed by atoms with Crippen molar-refractivity contribution in [1.82, 2.24) is 5.32 Å². The van der Waals surface area contributed by atoms with E-state index in [9.17, 15) is 9.18 Å². The minimum atomic E-state index is -0.272. The summed E-state index contributed by atoms with van der Waals surface area (Å²) in [6, 6.07) is 13.3. The predicted molar refractivity (Wildman–Crippen MR) is 93.1 cm³/mol. The molecule has 0 heterocycles. The van der Waals surface area contributed by atoms with Crippen LogP contribution in [0.25, 0.3) is 0 Å². The third kappa shape index (κ3) is 4.02. The van der Waals surface area contributed by atoms with E-state index in [-0.39, 0.29) is 17.1 Å². The van der Waals surface area contributed by atoms with Gasteiger partial charge in [-0.25, -0.2) is 4.39 Å². The molecule has 0 aliphatic heterocycles. The molecule has 1 amide bonds. The summed E-state index contributed by atoms with van der Waals surface area (Å²) in [6.45, 7) is 2.95. The zero-order valence-electron chi connectivity index (χ0n) is 13.7. The quantitative estimate of drug-likeness (QED) is 0.846. The molecule has 1 saturated carbocycles. The number of benzene rings is 2. The van der Waals surface area contributed by atoms with E-state index in [1.54, 1.807) is 24.3 Å². The number of hydrogen-bond donors (Lipinski definition) is 1. The molecule has 2 nitrogen and oxygen atoms in total.